The fourth-order valence-electron chi connectivity index (χ4n) is 2.72. The van der Waals surface area contributed by atoms with Gasteiger partial charge in [0.25, 0.3) is 0 Å². The van der Waals surface area contributed by atoms with Crippen LogP contribution in [0, 0.1) is 0 Å². The minimum Gasteiger partial charge on any atom is -0.261 e. The molecule has 126 valence electrons. The topological polar surface area (TPSA) is 41.4 Å². The highest BCUT2D eigenvalue weighted by Crippen LogP contribution is 2.17. The van der Waals surface area contributed by atoms with E-state index in [0.29, 0.717) is 6.54 Å². The van der Waals surface area contributed by atoms with E-state index in [4.69, 9.17) is 0 Å². The zero-order valence-corrected chi connectivity index (χ0v) is 14.2. The number of benzene rings is 3. The van der Waals surface area contributed by atoms with Crippen molar-refractivity contribution in [1.29, 1.82) is 0 Å². The van der Waals surface area contributed by atoms with E-state index in [1.165, 1.54) is 5.56 Å². The van der Waals surface area contributed by atoms with E-state index >= 15 is 0 Å². The molecule has 0 saturated heterocycles. The first-order chi connectivity index (χ1) is 12.9. The Morgan fingerprint density at radius 3 is 2.19 bits per heavy atom. The summed E-state index contributed by atoms with van der Waals surface area (Å²) in [6.45, 7) is 0.683. The smallest absolute Gasteiger partial charge is 0.102 e. The summed E-state index contributed by atoms with van der Waals surface area (Å²) in [7, 11) is 0. The van der Waals surface area contributed by atoms with Crippen LogP contribution in [0.2, 0.25) is 0 Å². The number of anilines is 1. The Hall–Kier alpha value is -3.53. The molecular weight excluding hydrogens is 320 g/mol. The maximum absolute atomic E-state index is 4.67. The molecule has 0 radical (unpaired) electrons. The monoisotopic (exact) mass is 338 g/mol. The van der Waals surface area contributed by atoms with Gasteiger partial charge in [0.05, 0.1) is 35.7 Å². The lowest BCUT2D eigenvalue weighted by atomic mass is 10.2. The molecule has 0 saturated carbocycles. The van der Waals surface area contributed by atoms with E-state index < -0.39 is 0 Å². The van der Waals surface area contributed by atoms with E-state index in [9.17, 15) is 0 Å². The second-order valence-electron chi connectivity index (χ2n) is 5.91. The van der Waals surface area contributed by atoms with Gasteiger partial charge in [-0.25, -0.2) is 4.98 Å². The van der Waals surface area contributed by atoms with Crippen LogP contribution in [0.25, 0.3) is 11.0 Å². The molecule has 0 aliphatic rings. The van der Waals surface area contributed by atoms with Crippen LogP contribution in [-0.2, 0) is 6.54 Å². The van der Waals surface area contributed by atoms with Gasteiger partial charge in [-0.2, -0.15) is 5.10 Å². The molecule has 1 aromatic heterocycles. The van der Waals surface area contributed by atoms with Crippen molar-refractivity contribution in [2.45, 2.75) is 6.54 Å². The number of fused-ring (bicyclic) bond motifs is 1. The van der Waals surface area contributed by atoms with Crippen LogP contribution < -0.4 is 5.01 Å². The molecule has 1 heterocycles. The maximum Gasteiger partial charge on any atom is 0.102 e. The van der Waals surface area contributed by atoms with Gasteiger partial charge >= 0.3 is 0 Å². The van der Waals surface area contributed by atoms with E-state index in [1.54, 1.807) is 12.4 Å². The van der Waals surface area contributed by atoms with Crippen LogP contribution >= 0.6 is 0 Å². The molecule has 0 fully saturated rings. The van der Waals surface area contributed by atoms with Gasteiger partial charge in [-0.1, -0.05) is 60.7 Å². The van der Waals surface area contributed by atoms with Gasteiger partial charge in [-0.05, 0) is 29.8 Å². The third-order valence-electron chi connectivity index (χ3n) is 4.03. The molecule has 4 rings (SSSR count). The normalized spacial score (nSPS) is 11.1. The Morgan fingerprint density at radius 1 is 0.769 bits per heavy atom. The molecule has 0 atom stereocenters. The van der Waals surface area contributed by atoms with Gasteiger partial charge in [0.1, 0.15) is 5.69 Å². The molecule has 0 aliphatic heterocycles. The fourth-order valence-corrected chi connectivity index (χ4v) is 2.72. The van der Waals surface area contributed by atoms with Crippen molar-refractivity contribution in [2.75, 3.05) is 5.01 Å². The quantitative estimate of drug-likeness (QED) is 0.392. The molecule has 4 nitrogen and oxygen atoms in total. The molecule has 0 aliphatic carbocycles. The van der Waals surface area contributed by atoms with Crippen LogP contribution in [-0.4, -0.2) is 16.2 Å². The predicted molar refractivity (Wildman–Crippen MR) is 106 cm³/mol. The highest BCUT2D eigenvalue weighted by molar-refractivity contribution is 5.82. The van der Waals surface area contributed by atoms with Gasteiger partial charge in [0.2, 0.25) is 0 Å². The van der Waals surface area contributed by atoms with Crippen LogP contribution in [0.1, 0.15) is 11.3 Å². The lowest BCUT2D eigenvalue weighted by Gasteiger charge is -2.19. The van der Waals surface area contributed by atoms with Gasteiger partial charge < -0.3 is 0 Å². The second kappa shape index (κ2) is 7.57. The summed E-state index contributed by atoms with van der Waals surface area (Å²) in [6, 6.07) is 28.2. The molecule has 3 aromatic carbocycles. The summed E-state index contributed by atoms with van der Waals surface area (Å²) in [6.07, 6.45) is 3.51. The second-order valence-corrected chi connectivity index (χ2v) is 5.91. The van der Waals surface area contributed by atoms with Gasteiger partial charge in [-0.15, -0.1) is 0 Å². The zero-order chi connectivity index (χ0) is 17.6. The molecule has 0 spiro atoms. The average Bonchev–Trinajstić information content (AvgIpc) is 2.72. The lowest BCUT2D eigenvalue weighted by Crippen LogP contribution is -2.16. The van der Waals surface area contributed by atoms with Crippen LogP contribution in [0.15, 0.2) is 96.2 Å². The Balaban J connectivity index is 1.63. The number of para-hydroxylation sites is 3. The van der Waals surface area contributed by atoms with Crippen molar-refractivity contribution in [2.24, 2.45) is 5.10 Å². The SMILES string of the molecule is C(=N/N(Cc1ccccc1)c1ccccc1)/c1cnc2ccccc2n1. The summed E-state index contributed by atoms with van der Waals surface area (Å²) in [5.41, 5.74) is 4.71. The van der Waals surface area contributed by atoms with Crippen molar-refractivity contribution in [3.8, 4) is 0 Å². The average molecular weight is 338 g/mol. The third kappa shape index (κ3) is 3.75. The Morgan fingerprint density at radius 2 is 1.42 bits per heavy atom. The lowest BCUT2D eigenvalue weighted by molar-refractivity contribution is 0.858. The van der Waals surface area contributed by atoms with Crippen LogP contribution in [0.3, 0.4) is 0 Å². The zero-order valence-electron chi connectivity index (χ0n) is 14.2. The first kappa shape index (κ1) is 16.0. The van der Waals surface area contributed by atoms with Crippen molar-refractivity contribution in [3.05, 3.63) is 102 Å². The Kier molecular flexibility index (Phi) is 4.65. The van der Waals surface area contributed by atoms with Gasteiger partial charge in [0.15, 0.2) is 0 Å². The molecule has 0 bridgehead atoms. The number of hydrogen-bond donors (Lipinski definition) is 0. The number of hydrazone groups is 1. The van der Waals surface area contributed by atoms with Crippen LogP contribution in [0.5, 0.6) is 0 Å². The molecule has 0 amide bonds. The summed E-state index contributed by atoms with van der Waals surface area (Å²) in [4.78, 5) is 9.05. The summed E-state index contributed by atoms with van der Waals surface area (Å²) >= 11 is 0. The van der Waals surface area contributed by atoms with Crippen molar-refractivity contribution in [3.63, 3.8) is 0 Å². The van der Waals surface area contributed by atoms with Crippen molar-refractivity contribution in [1.82, 2.24) is 9.97 Å². The van der Waals surface area contributed by atoms with Crippen molar-refractivity contribution < 1.29 is 0 Å². The van der Waals surface area contributed by atoms with E-state index in [-0.39, 0.29) is 0 Å². The molecule has 0 N–H and O–H groups in total. The van der Waals surface area contributed by atoms with Gasteiger partial charge in [-0.3, -0.25) is 9.99 Å². The van der Waals surface area contributed by atoms with E-state index in [1.807, 2.05) is 77.8 Å². The highest BCUT2D eigenvalue weighted by atomic mass is 15.4. The highest BCUT2D eigenvalue weighted by Gasteiger charge is 2.05. The summed E-state index contributed by atoms with van der Waals surface area (Å²) in [5.74, 6) is 0. The maximum atomic E-state index is 4.67. The molecule has 4 aromatic rings. The predicted octanol–water partition coefficient (Wildman–Crippen LogP) is 4.67. The Labute approximate surface area is 152 Å². The first-order valence-electron chi connectivity index (χ1n) is 8.51. The third-order valence-corrected chi connectivity index (χ3v) is 4.03. The molecule has 26 heavy (non-hydrogen) atoms. The van der Waals surface area contributed by atoms with E-state index in [0.717, 1.165) is 22.4 Å². The largest absolute Gasteiger partial charge is 0.261 e. The Bertz CT molecular complexity index is 1010. The van der Waals surface area contributed by atoms with E-state index in [2.05, 4.69) is 27.2 Å². The number of hydrogen-bond acceptors (Lipinski definition) is 4. The summed E-state index contributed by atoms with van der Waals surface area (Å²) in [5, 5.41) is 6.64. The minimum absolute atomic E-state index is 0.683. The summed E-state index contributed by atoms with van der Waals surface area (Å²) < 4.78 is 0. The molecular formula is C22H18N4. The number of nitrogens with zero attached hydrogens (tertiary/aromatic N) is 4. The number of rotatable bonds is 5. The minimum atomic E-state index is 0.683. The first-order valence-corrected chi connectivity index (χ1v) is 8.51. The molecule has 4 heteroatoms. The fraction of sp³-hybridized carbons (Fsp3) is 0.0455. The number of aromatic nitrogens is 2. The van der Waals surface area contributed by atoms with Crippen molar-refractivity contribution >= 4 is 22.9 Å². The standard InChI is InChI=1S/C22H18N4/c1-3-9-18(10-4-1)17-26(20-11-5-2-6-12-20)24-16-19-15-23-21-13-7-8-14-22(21)25-19/h1-16H,17H2/b24-16-. The molecule has 0 unspecified atom stereocenters. The van der Waals surface area contributed by atoms with Crippen LogP contribution in [0.4, 0.5) is 5.69 Å². The van der Waals surface area contributed by atoms with Gasteiger partial charge in [0, 0.05) is 0 Å².